The van der Waals surface area contributed by atoms with E-state index in [1.54, 1.807) is 6.08 Å². The van der Waals surface area contributed by atoms with Gasteiger partial charge in [0.05, 0.1) is 25.4 Å². The minimum atomic E-state index is -0.838. The smallest absolute Gasteiger partial charge is 0.305 e. The van der Waals surface area contributed by atoms with Crippen molar-refractivity contribution in [3.8, 4) is 0 Å². The van der Waals surface area contributed by atoms with Gasteiger partial charge in [-0.05, 0) is 57.8 Å². The summed E-state index contributed by atoms with van der Waals surface area (Å²) in [6.07, 6.45) is 85.8. The van der Waals surface area contributed by atoms with Crippen LogP contribution < -0.4 is 5.32 Å². The Morgan fingerprint density at radius 3 is 0.910 bits per heavy atom. The third-order valence-corrected chi connectivity index (χ3v) is 16.7. The number of hydrogen-bond donors (Lipinski definition) is 3. The van der Waals surface area contributed by atoms with Gasteiger partial charge >= 0.3 is 5.97 Å². The zero-order chi connectivity index (χ0) is 56.4. The number of rotatable bonds is 67. The summed E-state index contributed by atoms with van der Waals surface area (Å²) in [5, 5.41) is 23.0. The van der Waals surface area contributed by atoms with E-state index in [9.17, 15) is 19.8 Å². The minimum Gasteiger partial charge on any atom is -0.466 e. The van der Waals surface area contributed by atoms with Crippen molar-refractivity contribution in [3.05, 3.63) is 24.3 Å². The van der Waals surface area contributed by atoms with Crippen LogP contribution in [0, 0.1) is 0 Å². The fraction of sp³-hybridized carbons (Fsp3) is 0.917. The maximum atomic E-state index is 12.4. The van der Waals surface area contributed by atoms with Gasteiger partial charge in [0.15, 0.2) is 0 Å². The van der Waals surface area contributed by atoms with Crippen molar-refractivity contribution in [1.29, 1.82) is 0 Å². The number of esters is 1. The molecule has 0 aromatic carbocycles. The van der Waals surface area contributed by atoms with Crippen LogP contribution >= 0.6 is 0 Å². The number of allylic oxidation sites excluding steroid dienone is 3. The van der Waals surface area contributed by atoms with Crippen molar-refractivity contribution in [2.45, 2.75) is 411 Å². The van der Waals surface area contributed by atoms with Crippen LogP contribution in [-0.2, 0) is 14.3 Å². The molecule has 0 fully saturated rings. The molecule has 462 valence electrons. The first-order chi connectivity index (χ1) is 38.5. The molecule has 0 saturated heterocycles. The normalized spacial score (nSPS) is 12.6. The number of carbonyl (C=O) groups excluding carboxylic acids is 2. The van der Waals surface area contributed by atoms with Crippen LogP contribution in [0.4, 0.5) is 0 Å². The maximum absolute atomic E-state index is 12.4. The van der Waals surface area contributed by atoms with Gasteiger partial charge in [-0.15, -0.1) is 0 Å². The lowest BCUT2D eigenvalue weighted by molar-refractivity contribution is -0.143. The summed E-state index contributed by atoms with van der Waals surface area (Å²) in [6, 6.07) is -0.621. The SMILES string of the molecule is CCCCCCCC/C=C\CCCCCCCCCC(=O)OCCCCCCCCCCCCCCCCCCCCCCCCCCCCCCCCCCCCCC(=O)NC(CO)C(O)/C=C/CCCCCCCCC. The number of amides is 1. The largest absolute Gasteiger partial charge is 0.466 e. The molecule has 0 rings (SSSR count). The highest BCUT2D eigenvalue weighted by Gasteiger charge is 2.18. The molecule has 0 aliphatic carbocycles. The molecule has 0 spiro atoms. The Hall–Kier alpha value is -1.66. The molecule has 1 amide bonds. The minimum absolute atomic E-state index is 0.0195. The molecule has 0 aliphatic rings. The first kappa shape index (κ1) is 76.3. The van der Waals surface area contributed by atoms with Gasteiger partial charge in [-0.25, -0.2) is 0 Å². The zero-order valence-corrected chi connectivity index (χ0v) is 52.9. The van der Waals surface area contributed by atoms with E-state index in [-0.39, 0.29) is 18.5 Å². The van der Waals surface area contributed by atoms with E-state index in [4.69, 9.17) is 4.74 Å². The monoisotopic (exact) mass is 1100 g/mol. The predicted octanol–water partition coefficient (Wildman–Crippen LogP) is 22.9. The number of carbonyl (C=O) groups is 2. The fourth-order valence-corrected chi connectivity index (χ4v) is 11.3. The molecule has 0 aliphatic heterocycles. The van der Waals surface area contributed by atoms with E-state index >= 15 is 0 Å². The molecule has 2 atom stereocenters. The number of hydrogen-bond acceptors (Lipinski definition) is 5. The summed E-state index contributed by atoms with van der Waals surface area (Å²) in [5.41, 5.74) is 0. The van der Waals surface area contributed by atoms with E-state index < -0.39 is 12.1 Å². The van der Waals surface area contributed by atoms with E-state index in [2.05, 4.69) is 31.3 Å². The van der Waals surface area contributed by atoms with Crippen LogP contribution in [0.5, 0.6) is 0 Å². The molecule has 0 saturated carbocycles. The van der Waals surface area contributed by atoms with Crippen molar-refractivity contribution in [1.82, 2.24) is 5.32 Å². The molecule has 3 N–H and O–H groups in total. The van der Waals surface area contributed by atoms with Gasteiger partial charge in [0.25, 0.3) is 0 Å². The fourth-order valence-electron chi connectivity index (χ4n) is 11.3. The van der Waals surface area contributed by atoms with Crippen molar-refractivity contribution >= 4 is 11.9 Å². The van der Waals surface area contributed by atoms with Gasteiger partial charge in [0.1, 0.15) is 0 Å². The van der Waals surface area contributed by atoms with Gasteiger partial charge in [0.2, 0.25) is 5.91 Å². The Balaban J connectivity index is 3.28. The van der Waals surface area contributed by atoms with Crippen molar-refractivity contribution in [2.75, 3.05) is 13.2 Å². The molecule has 0 heterocycles. The van der Waals surface area contributed by atoms with Gasteiger partial charge in [0, 0.05) is 12.8 Å². The maximum Gasteiger partial charge on any atom is 0.305 e. The second kappa shape index (κ2) is 67.8. The Morgan fingerprint density at radius 1 is 0.346 bits per heavy atom. The molecule has 2 unspecified atom stereocenters. The second-order valence-electron chi connectivity index (χ2n) is 24.6. The van der Waals surface area contributed by atoms with Crippen molar-refractivity contribution < 1.29 is 24.5 Å². The lowest BCUT2D eigenvalue weighted by atomic mass is 10.0. The molecule has 0 aromatic rings. The number of aliphatic hydroxyl groups is 2. The Kier molecular flexibility index (Phi) is 66.4. The standard InChI is InChI=1S/C72H139NO5/c1-3-5-7-9-11-13-14-15-16-36-40-43-46-50-54-58-62-66-72(77)78-67-63-59-55-51-47-44-41-38-35-33-31-29-27-25-23-21-19-17-18-20-22-24-26-28-30-32-34-37-39-42-45-49-53-57-61-65-71(76)73-69(68-74)70(75)64-60-56-52-48-12-10-8-6-4-2/h15-16,60,64,69-70,74-75H,3-14,17-59,61-63,65-68H2,1-2H3,(H,73,76)/b16-15-,64-60+. The lowest BCUT2D eigenvalue weighted by Crippen LogP contribution is -2.45. The average molecular weight is 1100 g/mol. The zero-order valence-electron chi connectivity index (χ0n) is 52.9. The van der Waals surface area contributed by atoms with Gasteiger partial charge in [-0.1, -0.05) is 353 Å². The van der Waals surface area contributed by atoms with Crippen LogP contribution in [0.1, 0.15) is 399 Å². The summed E-state index contributed by atoms with van der Waals surface area (Å²) in [6.45, 7) is 4.90. The van der Waals surface area contributed by atoms with Gasteiger partial charge in [-0.3, -0.25) is 9.59 Å². The molecule has 6 heteroatoms. The number of unbranched alkanes of at least 4 members (excludes halogenated alkanes) is 54. The first-order valence-electron chi connectivity index (χ1n) is 35.6. The molecular formula is C72H139NO5. The Bertz CT molecular complexity index is 1220. The van der Waals surface area contributed by atoms with Gasteiger partial charge in [-0.2, -0.15) is 0 Å². The van der Waals surface area contributed by atoms with Gasteiger partial charge < -0.3 is 20.3 Å². The van der Waals surface area contributed by atoms with E-state index in [1.807, 2.05) is 6.08 Å². The molecule has 0 radical (unpaired) electrons. The third-order valence-electron chi connectivity index (χ3n) is 16.7. The summed E-state index contributed by atoms with van der Waals surface area (Å²) in [4.78, 5) is 24.5. The predicted molar refractivity (Wildman–Crippen MR) is 343 cm³/mol. The number of nitrogens with one attached hydrogen (secondary N) is 1. The quantitative estimate of drug-likeness (QED) is 0.0320. The summed E-state index contributed by atoms with van der Waals surface area (Å²) in [7, 11) is 0. The topological polar surface area (TPSA) is 95.9 Å². The average Bonchev–Trinajstić information content (AvgIpc) is 3.44. The van der Waals surface area contributed by atoms with E-state index in [0.717, 1.165) is 38.5 Å². The Morgan fingerprint density at radius 2 is 0.603 bits per heavy atom. The van der Waals surface area contributed by atoms with E-state index in [0.29, 0.717) is 19.4 Å². The highest BCUT2D eigenvalue weighted by atomic mass is 16.5. The highest BCUT2D eigenvalue weighted by Crippen LogP contribution is 2.19. The van der Waals surface area contributed by atoms with Crippen molar-refractivity contribution in [2.24, 2.45) is 0 Å². The molecular weight excluding hydrogens is 959 g/mol. The lowest BCUT2D eigenvalue weighted by Gasteiger charge is -2.20. The third kappa shape index (κ3) is 63.5. The summed E-state index contributed by atoms with van der Waals surface area (Å²) < 4.78 is 5.51. The molecule has 78 heavy (non-hydrogen) atoms. The van der Waals surface area contributed by atoms with Crippen LogP contribution in [0.15, 0.2) is 24.3 Å². The molecule has 6 nitrogen and oxygen atoms in total. The highest BCUT2D eigenvalue weighted by molar-refractivity contribution is 5.76. The second-order valence-corrected chi connectivity index (χ2v) is 24.6. The first-order valence-corrected chi connectivity index (χ1v) is 35.6. The summed E-state index contributed by atoms with van der Waals surface area (Å²) in [5.74, 6) is -0.0443. The van der Waals surface area contributed by atoms with Crippen LogP contribution in [0.25, 0.3) is 0 Å². The number of aliphatic hydroxyl groups excluding tert-OH is 2. The van der Waals surface area contributed by atoms with Crippen molar-refractivity contribution in [3.63, 3.8) is 0 Å². The number of ether oxygens (including phenoxy) is 1. The summed E-state index contributed by atoms with van der Waals surface area (Å²) >= 11 is 0. The van der Waals surface area contributed by atoms with Crippen LogP contribution in [-0.4, -0.2) is 47.4 Å². The Labute approximate surface area is 488 Å². The molecule has 0 aromatic heterocycles. The molecule has 0 bridgehead atoms. The van der Waals surface area contributed by atoms with E-state index in [1.165, 1.54) is 334 Å². The van der Waals surface area contributed by atoms with Crippen LogP contribution in [0.3, 0.4) is 0 Å². The van der Waals surface area contributed by atoms with Crippen LogP contribution in [0.2, 0.25) is 0 Å².